The fraction of sp³-hybridized carbons (Fsp3) is 0.538. The SMILES string of the molecule is FC[C@H](c1cc(OC(F)(F)F)ccc1F)N1CCNCC1. The molecule has 2 rings (SSSR count). The van der Waals surface area contributed by atoms with Crippen LogP contribution in [0.1, 0.15) is 11.6 Å². The van der Waals surface area contributed by atoms with Crippen LogP contribution in [0.4, 0.5) is 22.0 Å². The van der Waals surface area contributed by atoms with Gasteiger partial charge in [-0.25, -0.2) is 8.78 Å². The molecular formula is C13H15F5N2O. The summed E-state index contributed by atoms with van der Waals surface area (Å²) in [6, 6.07) is 1.74. The Morgan fingerprint density at radius 1 is 1.24 bits per heavy atom. The number of piperazine rings is 1. The van der Waals surface area contributed by atoms with Crippen molar-refractivity contribution in [1.29, 1.82) is 0 Å². The second-order valence-corrected chi connectivity index (χ2v) is 4.69. The number of halogens is 5. The highest BCUT2D eigenvalue weighted by molar-refractivity contribution is 5.32. The van der Waals surface area contributed by atoms with Crippen LogP contribution in [-0.2, 0) is 0 Å². The minimum absolute atomic E-state index is 0.124. The van der Waals surface area contributed by atoms with Crippen molar-refractivity contribution in [3.05, 3.63) is 29.6 Å². The third kappa shape index (κ3) is 4.28. The minimum atomic E-state index is -4.87. The van der Waals surface area contributed by atoms with Crippen LogP contribution >= 0.6 is 0 Å². The summed E-state index contributed by atoms with van der Waals surface area (Å²) in [7, 11) is 0. The molecule has 3 nitrogen and oxygen atoms in total. The van der Waals surface area contributed by atoms with Crippen molar-refractivity contribution in [2.45, 2.75) is 12.4 Å². The van der Waals surface area contributed by atoms with Crippen LogP contribution in [0.5, 0.6) is 5.75 Å². The van der Waals surface area contributed by atoms with Gasteiger partial charge in [-0.2, -0.15) is 0 Å². The van der Waals surface area contributed by atoms with Gasteiger partial charge in [-0.3, -0.25) is 4.90 Å². The smallest absolute Gasteiger partial charge is 0.406 e. The molecule has 0 bridgehead atoms. The van der Waals surface area contributed by atoms with E-state index in [1.165, 1.54) is 0 Å². The van der Waals surface area contributed by atoms with Crippen molar-refractivity contribution in [2.75, 3.05) is 32.9 Å². The maximum absolute atomic E-state index is 13.8. The molecule has 8 heteroatoms. The third-order valence-corrected chi connectivity index (χ3v) is 3.30. The van der Waals surface area contributed by atoms with Crippen molar-refractivity contribution in [2.24, 2.45) is 0 Å². The number of nitrogens with zero attached hydrogens (tertiary/aromatic N) is 1. The summed E-state index contributed by atoms with van der Waals surface area (Å²) in [6.07, 6.45) is -4.87. The predicted octanol–water partition coefficient (Wildman–Crippen LogP) is 2.64. The van der Waals surface area contributed by atoms with Gasteiger partial charge in [0, 0.05) is 31.7 Å². The summed E-state index contributed by atoms with van der Waals surface area (Å²) in [5.41, 5.74) is -0.124. The fourth-order valence-corrected chi connectivity index (χ4v) is 2.35. The minimum Gasteiger partial charge on any atom is -0.406 e. The summed E-state index contributed by atoms with van der Waals surface area (Å²) < 4.78 is 67.5. The second kappa shape index (κ2) is 6.57. The number of hydrogen-bond acceptors (Lipinski definition) is 3. The Morgan fingerprint density at radius 2 is 1.90 bits per heavy atom. The van der Waals surface area contributed by atoms with E-state index in [1.807, 2.05) is 0 Å². The first-order valence-electron chi connectivity index (χ1n) is 6.46. The van der Waals surface area contributed by atoms with E-state index >= 15 is 0 Å². The van der Waals surface area contributed by atoms with E-state index in [2.05, 4.69) is 10.1 Å². The summed E-state index contributed by atoms with van der Waals surface area (Å²) in [5, 5.41) is 3.07. The molecule has 1 saturated heterocycles. The molecule has 21 heavy (non-hydrogen) atoms. The van der Waals surface area contributed by atoms with E-state index in [9.17, 15) is 22.0 Å². The van der Waals surface area contributed by atoms with Crippen LogP contribution in [0.15, 0.2) is 18.2 Å². The quantitative estimate of drug-likeness (QED) is 0.865. The lowest BCUT2D eigenvalue weighted by atomic mass is 10.0. The molecular weight excluding hydrogens is 295 g/mol. The van der Waals surface area contributed by atoms with Gasteiger partial charge < -0.3 is 10.1 Å². The number of nitrogens with one attached hydrogen (secondary N) is 1. The van der Waals surface area contributed by atoms with E-state index in [0.717, 1.165) is 18.2 Å². The molecule has 0 spiro atoms. The van der Waals surface area contributed by atoms with Crippen molar-refractivity contribution >= 4 is 0 Å². The standard InChI is InChI=1S/C13H15F5N2O/c14-8-12(20-5-3-19-4-6-20)10-7-9(1-2-11(10)15)21-13(16,17)18/h1-2,7,12,19H,3-6,8H2/t12-/m1/s1. The molecule has 1 heterocycles. The van der Waals surface area contributed by atoms with E-state index < -0.39 is 30.6 Å². The van der Waals surface area contributed by atoms with Crippen molar-refractivity contribution < 1.29 is 26.7 Å². The van der Waals surface area contributed by atoms with E-state index in [0.29, 0.717) is 26.2 Å². The molecule has 0 unspecified atom stereocenters. The fourth-order valence-electron chi connectivity index (χ4n) is 2.35. The molecule has 1 aromatic rings. The van der Waals surface area contributed by atoms with E-state index in [1.54, 1.807) is 4.90 Å². The first-order valence-corrected chi connectivity index (χ1v) is 6.46. The molecule has 1 atom stereocenters. The zero-order valence-electron chi connectivity index (χ0n) is 11.1. The maximum atomic E-state index is 13.8. The van der Waals surface area contributed by atoms with E-state index in [4.69, 9.17) is 0 Å². The summed E-state index contributed by atoms with van der Waals surface area (Å²) >= 11 is 0. The van der Waals surface area contributed by atoms with Gasteiger partial charge in [-0.15, -0.1) is 13.2 Å². The monoisotopic (exact) mass is 310 g/mol. The lowest BCUT2D eigenvalue weighted by molar-refractivity contribution is -0.274. The average Bonchev–Trinajstić information content (AvgIpc) is 2.43. The Balaban J connectivity index is 2.24. The lowest BCUT2D eigenvalue weighted by Gasteiger charge is -2.33. The van der Waals surface area contributed by atoms with Gasteiger partial charge in [0.25, 0.3) is 0 Å². The zero-order valence-corrected chi connectivity index (χ0v) is 11.1. The Kier molecular flexibility index (Phi) is 5.00. The van der Waals surface area contributed by atoms with Crippen molar-refractivity contribution in [3.8, 4) is 5.75 Å². The van der Waals surface area contributed by atoms with Crippen LogP contribution in [0.3, 0.4) is 0 Å². The molecule has 0 amide bonds. The number of hydrogen-bond donors (Lipinski definition) is 1. The van der Waals surface area contributed by atoms with Gasteiger partial charge in [0.15, 0.2) is 0 Å². The number of rotatable bonds is 4. The molecule has 1 aromatic carbocycles. The van der Waals surface area contributed by atoms with Gasteiger partial charge in [0.1, 0.15) is 18.2 Å². The van der Waals surface area contributed by atoms with Crippen LogP contribution in [0, 0.1) is 5.82 Å². The summed E-state index contributed by atoms with van der Waals surface area (Å²) in [6.45, 7) is 1.36. The van der Waals surface area contributed by atoms with Crippen LogP contribution < -0.4 is 10.1 Å². The maximum Gasteiger partial charge on any atom is 0.573 e. The highest BCUT2D eigenvalue weighted by Gasteiger charge is 2.32. The Morgan fingerprint density at radius 3 is 2.48 bits per heavy atom. The summed E-state index contributed by atoms with van der Waals surface area (Å²) in [4.78, 5) is 1.70. The molecule has 0 radical (unpaired) electrons. The van der Waals surface area contributed by atoms with Crippen molar-refractivity contribution in [3.63, 3.8) is 0 Å². The third-order valence-electron chi connectivity index (χ3n) is 3.30. The molecule has 0 aromatic heterocycles. The molecule has 118 valence electrons. The number of ether oxygens (including phenoxy) is 1. The number of alkyl halides is 4. The summed E-state index contributed by atoms with van der Waals surface area (Å²) in [5.74, 6) is -1.29. The van der Waals surface area contributed by atoms with E-state index in [-0.39, 0.29) is 5.56 Å². The largest absolute Gasteiger partial charge is 0.573 e. The highest BCUT2D eigenvalue weighted by Crippen LogP contribution is 2.30. The van der Waals surface area contributed by atoms with Crippen LogP contribution in [0.2, 0.25) is 0 Å². The number of benzene rings is 1. The van der Waals surface area contributed by atoms with Crippen LogP contribution in [0.25, 0.3) is 0 Å². The molecule has 1 fully saturated rings. The molecule has 1 aliphatic rings. The van der Waals surface area contributed by atoms with Gasteiger partial charge in [0.05, 0.1) is 6.04 Å². The Labute approximate surface area is 118 Å². The Bertz CT molecular complexity index is 474. The van der Waals surface area contributed by atoms with Gasteiger partial charge in [-0.1, -0.05) is 0 Å². The molecule has 0 aliphatic carbocycles. The first-order chi connectivity index (χ1) is 9.90. The lowest BCUT2D eigenvalue weighted by Crippen LogP contribution is -2.45. The average molecular weight is 310 g/mol. The molecule has 0 saturated carbocycles. The normalized spacial score (nSPS) is 18.5. The predicted molar refractivity (Wildman–Crippen MR) is 66.2 cm³/mol. The topological polar surface area (TPSA) is 24.5 Å². The molecule has 1 aliphatic heterocycles. The van der Waals surface area contributed by atoms with Gasteiger partial charge >= 0.3 is 6.36 Å². The van der Waals surface area contributed by atoms with Crippen LogP contribution in [-0.4, -0.2) is 44.1 Å². The second-order valence-electron chi connectivity index (χ2n) is 4.69. The zero-order chi connectivity index (χ0) is 15.5. The first kappa shape index (κ1) is 16.0. The molecule has 1 N–H and O–H groups in total. The Hall–Kier alpha value is -1.41. The van der Waals surface area contributed by atoms with Gasteiger partial charge in [0.2, 0.25) is 0 Å². The van der Waals surface area contributed by atoms with Crippen molar-refractivity contribution in [1.82, 2.24) is 10.2 Å². The van der Waals surface area contributed by atoms with Gasteiger partial charge in [-0.05, 0) is 18.2 Å². The highest BCUT2D eigenvalue weighted by atomic mass is 19.4.